The minimum absolute atomic E-state index is 0.512. The highest BCUT2D eigenvalue weighted by atomic mass is 32.2. The molecule has 184 valence electrons. The Balaban J connectivity index is 1.39. The van der Waals surface area contributed by atoms with Crippen LogP contribution in [0.15, 0.2) is 22.6 Å². The molecule has 0 bridgehead atoms. The molecule has 2 aromatic heterocycles. The van der Waals surface area contributed by atoms with Gasteiger partial charge in [0.05, 0.1) is 24.0 Å². The molecule has 0 saturated carbocycles. The van der Waals surface area contributed by atoms with E-state index in [9.17, 15) is 0 Å². The van der Waals surface area contributed by atoms with Gasteiger partial charge in [-0.05, 0) is 33.1 Å². The Hall–Kier alpha value is -2.34. The van der Waals surface area contributed by atoms with Crippen LogP contribution < -0.4 is 22.1 Å². The zero-order chi connectivity index (χ0) is 23.7. The Morgan fingerprint density at radius 3 is 1.67 bits per heavy atom. The molecule has 0 atom stereocenters. The number of unbranched alkanes of at least 4 members (excludes halogenated alkanes) is 2. The van der Waals surface area contributed by atoms with Crippen molar-refractivity contribution in [2.24, 2.45) is 21.5 Å². The van der Waals surface area contributed by atoms with Crippen molar-refractivity contribution in [1.82, 2.24) is 30.6 Å². The lowest BCUT2D eigenvalue weighted by Gasteiger charge is -2.06. The first kappa shape index (κ1) is 26.9. The largest absolute Gasteiger partial charge is 0.370 e. The van der Waals surface area contributed by atoms with Gasteiger partial charge in [0, 0.05) is 60.6 Å². The van der Waals surface area contributed by atoms with E-state index in [1.165, 1.54) is 0 Å². The summed E-state index contributed by atoms with van der Waals surface area (Å²) in [6, 6.07) is 0. The summed E-state index contributed by atoms with van der Waals surface area (Å²) in [6.45, 7) is 7.12. The highest BCUT2D eigenvalue weighted by Gasteiger charge is 2.01. The SMILES string of the molecule is Cc1[nH]cnc1CSCCNC(N)=NCCCCCN=C(N)NCCSCc1nc[nH]c1C. The average Bonchev–Trinajstić information content (AvgIpc) is 3.40. The molecular weight excluding hydrogens is 456 g/mol. The lowest BCUT2D eigenvalue weighted by Crippen LogP contribution is -2.33. The van der Waals surface area contributed by atoms with Crippen molar-refractivity contribution in [2.75, 3.05) is 37.7 Å². The van der Waals surface area contributed by atoms with Gasteiger partial charge in [-0.3, -0.25) is 9.98 Å². The number of thioether (sulfide) groups is 2. The highest BCUT2D eigenvalue weighted by Crippen LogP contribution is 2.12. The van der Waals surface area contributed by atoms with Crippen molar-refractivity contribution in [3.8, 4) is 0 Å². The number of rotatable bonds is 16. The number of imidazole rings is 2. The summed E-state index contributed by atoms with van der Waals surface area (Å²) in [7, 11) is 0. The molecule has 0 spiro atoms. The van der Waals surface area contributed by atoms with E-state index in [-0.39, 0.29) is 0 Å². The second kappa shape index (κ2) is 16.3. The summed E-state index contributed by atoms with van der Waals surface area (Å²) in [5, 5.41) is 6.32. The molecule has 0 unspecified atom stereocenters. The molecule has 2 heterocycles. The van der Waals surface area contributed by atoms with Crippen LogP contribution >= 0.6 is 23.5 Å². The molecule has 12 heteroatoms. The van der Waals surface area contributed by atoms with Crippen LogP contribution in [0.25, 0.3) is 0 Å². The summed E-state index contributed by atoms with van der Waals surface area (Å²) in [6.07, 6.45) is 6.49. The van der Waals surface area contributed by atoms with Gasteiger partial charge < -0.3 is 32.1 Å². The molecule has 0 aromatic carbocycles. The number of hydrogen-bond donors (Lipinski definition) is 6. The Kier molecular flexibility index (Phi) is 13.3. The summed E-state index contributed by atoms with van der Waals surface area (Å²) in [4.78, 5) is 23.5. The standard InChI is InChI=1S/C21H38N10S2/c1-16-18(30-14-28-16)12-32-10-8-26-20(22)24-6-4-3-5-7-25-21(23)27-9-11-33-13-19-17(2)29-15-31-19/h14-15H,3-13H2,1-2H3,(H,28,30)(H,29,31)(H3,22,24,26)(H3,23,25,27). The number of hydrogen-bond acceptors (Lipinski definition) is 6. The molecule has 0 amide bonds. The van der Waals surface area contributed by atoms with Crippen LogP contribution in [0, 0.1) is 13.8 Å². The second-order valence-corrected chi connectivity index (χ2v) is 9.71. The summed E-state index contributed by atoms with van der Waals surface area (Å²) in [5.74, 6) is 4.75. The normalized spacial score (nSPS) is 12.3. The Morgan fingerprint density at radius 1 is 0.818 bits per heavy atom. The number of guanidine groups is 2. The molecule has 10 nitrogen and oxygen atoms in total. The molecule has 33 heavy (non-hydrogen) atoms. The minimum atomic E-state index is 0.512. The number of aryl methyl sites for hydroxylation is 2. The lowest BCUT2D eigenvalue weighted by molar-refractivity contribution is 0.692. The summed E-state index contributed by atoms with van der Waals surface area (Å²) < 4.78 is 0. The minimum Gasteiger partial charge on any atom is -0.370 e. The molecule has 2 aromatic rings. The maximum atomic E-state index is 5.92. The molecule has 0 radical (unpaired) electrons. The number of nitrogens with one attached hydrogen (secondary N) is 4. The van der Waals surface area contributed by atoms with Gasteiger partial charge in [-0.2, -0.15) is 23.5 Å². The van der Waals surface area contributed by atoms with Gasteiger partial charge in [0.1, 0.15) is 0 Å². The van der Waals surface area contributed by atoms with Gasteiger partial charge in [0.2, 0.25) is 0 Å². The van der Waals surface area contributed by atoms with Gasteiger partial charge in [-0.25, -0.2) is 9.97 Å². The van der Waals surface area contributed by atoms with Crippen molar-refractivity contribution in [3.63, 3.8) is 0 Å². The van der Waals surface area contributed by atoms with Gasteiger partial charge in [-0.1, -0.05) is 0 Å². The maximum Gasteiger partial charge on any atom is 0.188 e. The van der Waals surface area contributed by atoms with Crippen molar-refractivity contribution >= 4 is 35.4 Å². The van der Waals surface area contributed by atoms with Crippen LogP contribution in [0.5, 0.6) is 0 Å². The molecule has 0 fully saturated rings. The number of aromatic amines is 2. The van der Waals surface area contributed by atoms with E-state index in [0.717, 1.165) is 91.2 Å². The third kappa shape index (κ3) is 11.9. The predicted molar refractivity (Wildman–Crippen MR) is 142 cm³/mol. The van der Waals surface area contributed by atoms with Gasteiger partial charge in [-0.15, -0.1) is 0 Å². The monoisotopic (exact) mass is 494 g/mol. The molecule has 8 N–H and O–H groups in total. The van der Waals surface area contributed by atoms with Crippen molar-refractivity contribution in [3.05, 3.63) is 35.4 Å². The molecule has 0 aliphatic rings. The van der Waals surface area contributed by atoms with Crippen LogP contribution in [0.3, 0.4) is 0 Å². The fourth-order valence-electron chi connectivity index (χ4n) is 2.82. The van der Waals surface area contributed by atoms with Crippen molar-refractivity contribution in [1.29, 1.82) is 0 Å². The predicted octanol–water partition coefficient (Wildman–Crippen LogP) is 1.90. The Bertz CT molecular complexity index is 777. The Labute approximate surface area is 205 Å². The van der Waals surface area contributed by atoms with Crippen LogP contribution in [0.4, 0.5) is 0 Å². The fourth-order valence-corrected chi connectivity index (χ4v) is 4.57. The molecule has 0 aliphatic carbocycles. The van der Waals surface area contributed by atoms with E-state index in [0.29, 0.717) is 11.9 Å². The zero-order valence-electron chi connectivity index (χ0n) is 19.7. The topological polar surface area (TPSA) is 158 Å². The van der Waals surface area contributed by atoms with E-state index in [1.807, 2.05) is 37.4 Å². The van der Waals surface area contributed by atoms with E-state index >= 15 is 0 Å². The summed E-state index contributed by atoms with van der Waals surface area (Å²) >= 11 is 3.65. The number of aromatic nitrogens is 4. The first-order valence-corrected chi connectivity index (χ1v) is 13.6. The third-order valence-electron chi connectivity index (χ3n) is 4.83. The molecular formula is C21H38N10S2. The number of H-pyrrole nitrogens is 2. The molecule has 0 aliphatic heterocycles. The molecule has 2 rings (SSSR count). The van der Waals surface area contributed by atoms with Crippen LogP contribution in [0.2, 0.25) is 0 Å². The van der Waals surface area contributed by atoms with Crippen LogP contribution in [-0.2, 0) is 11.5 Å². The van der Waals surface area contributed by atoms with E-state index < -0.39 is 0 Å². The maximum absolute atomic E-state index is 5.92. The first-order chi connectivity index (χ1) is 16.1. The van der Waals surface area contributed by atoms with E-state index in [1.54, 1.807) is 12.7 Å². The van der Waals surface area contributed by atoms with Crippen LogP contribution in [-0.4, -0.2) is 69.5 Å². The average molecular weight is 495 g/mol. The smallest absolute Gasteiger partial charge is 0.188 e. The first-order valence-electron chi connectivity index (χ1n) is 11.3. The van der Waals surface area contributed by atoms with Crippen molar-refractivity contribution in [2.45, 2.75) is 44.6 Å². The summed E-state index contributed by atoms with van der Waals surface area (Å²) in [5.41, 5.74) is 16.3. The van der Waals surface area contributed by atoms with Gasteiger partial charge >= 0.3 is 0 Å². The lowest BCUT2D eigenvalue weighted by atomic mass is 10.2. The van der Waals surface area contributed by atoms with E-state index in [2.05, 4.69) is 40.6 Å². The molecule has 0 saturated heterocycles. The highest BCUT2D eigenvalue weighted by molar-refractivity contribution is 7.98. The Morgan fingerprint density at radius 2 is 1.27 bits per heavy atom. The zero-order valence-corrected chi connectivity index (χ0v) is 21.3. The second-order valence-electron chi connectivity index (χ2n) is 7.50. The van der Waals surface area contributed by atoms with E-state index in [4.69, 9.17) is 11.5 Å². The van der Waals surface area contributed by atoms with Gasteiger partial charge in [0.25, 0.3) is 0 Å². The fraction of sp³-hybridized carbons (Fsp3) is 0.619. The third-order valence-corrected chi connectivity index (χ3v) is 6.77. The number of nitrogens with two attached hydrogens (primary N) is 2. The van der Waals surface area contributed by atoms with Gasteiger partial charge in [0.15, 0.2) is 11.9 Å². The number of aliphatic imine (C=N–C) groups is 2. The quantitative estimate of drug-likeness (QED) is 0.117. The van der Waals surface area contributed by atoms with Crippen molar-refractivity contribution < 1.29 is 0 Å². The van der Waals surface area contributed by atoms with Crippen LogP contribution in [0.1, 0.15) is 42.0 Å². The number of nitrogens with zero attached hydrogens (tertiary/aromatic N) is 4.